The van der Waals surface area contributed by atoms with E-state index in [1.54, 1.807) is 6.07 Å². The second-order valence-electron chi connectivity index (χ2n) is 8.65. The maximum absolute atomic E-state index is 12.1. The lowest BCUT2D eigenvalue weighted by Crippen LogP contribution is -2.35. The largest absolute Gasteiger partial charge is 0.492 e. The molecule has 0 amide bonds. The van der Waals surface area contributed by atoms with Gasteiger partial charge in [-0.1, -0.05) is 23.7 Å². The van der Waals surface area contributed by atoms with Crippen LogP contribution >= 0.6 is 0 Å². The highest BCUT2D eigenvalue weighted by Crippen LogP contribution is 2.27. The summed E-state index contributed by atoms with van der Waals surface area (Å²) >= 11 is 0. The first-order valence-corrected chi connectivity index (χ1v) is 11.2. The van der Waals surface area contributed by atoms with Gasteiger partial charge in [0.2, 0.25) is 0 Å². The number of nitrogens with zero attached hydrogens (tertiary/aromatic N) is 1. The van der Waals surface area contributed by atoms with E-state index in [1.165, 1.54) is 5.56 Å². The first-order chi connectivity index (χ1) is 15.5. The summed E-state index contributed by atoms with van der Waals surface area (Å²) in [7, 11) is 5.90. The predicted molar refractivity (Wildman–Crippen MR) is 122 cm³/mol. The Balaban J connectivity index is 1.25. The highest BCUT2D eigenvalue weighted by atomic mass is 16.5. The van der Waals surface area contributed by atoms with E-state index in [1.807, 2.05) is 24.3 Å². The van der Waals surface area contributed by atoms with Crippen molar-refractivity contribution in [2.75, 3.05) is 32.8 Å². The lowest BCUT2D eigenvalue weighted by Gasteiger charge is -2.32. The normalized spacial score (nSPS) is 16.9. The maximum atomic E-state index is 12.1. The van der Waals surface area contributed by atoms with Crippen LogP contribution < -0.4 is 14.9 Å². The number of carbonyl (C=O) groups excluding carboxylic acids is 1. The number of Topliss-reactive ketones (excluding diaryl/α,β-unsaturated/α-hetero) is 1. The number of benzene rings is 2. The SMILES string of the molecule is [B]c1ccc(CC2CCN(CCc3ccc4c(c3)C(=O)CCO4)CC2)cc1OCC(=O)O. The van der Waals surface area contributed by atoms with E-state index < -0.39 is 12.6 Å². The van der Waals surface area contributed by atoms with Crippen molar-refractivity contribution in [2.24, 2.45) is 5.92 Å². The fourth-order valence-corrected chi connectivity index (χ4v) is 4.47. The van der Waals surface area contributed by atoms with E-state index in [2.05, 4.69) is 11.0 Å². The molecule has 2 aliphatic rings. The van der Waals surface area contributed by atoms with Gasteiger partial charge in [-0.05, 0) is 74.0 Å². The molecule has 0 saturated carbocycles. The number of piperidine rings is 1. The van der Waals surface area contributed by atoms with E-state index in [4.69, 9.17) is 22.4 Å². The molecular weight excluding hydrogens is 405 g/mol. The Hall–Kier alpha value is -2.80. The standard InChI is InChI=1S/C25H28BNO5/c26-21-3-1-19(15-24(21)32-16-25(29)30)13-18-6-10-27(11-7-18)9-5-17-2-4-23-20(14-17)22(28)8-12-31-23/h1-4,14-15,18H,5-13,16H2,(H,29,30). The van der Waals surface area contributed by atoms with Crippen LogP contribution in [0.1, 0.15) is 40.7 Å². The average molecular weight is 433 g/mol. The molecule has 0 bridgehead atoms. The first kappa shape index (κ1) is 22.4. The molecular formula is C25H28BNO5. The molecule has 0 aliphatic carbocycles. The van der Waals surface area contributed by atoms with Crippen LogP contribution in [-0.2, 0) is 17.6 Å². The molecule has 2 aliphatic heterocycles. The zero-order valence-corrected chi connectivity index (χ0v) is 18.2. The molecule has 32 heavy (non-hydrogen) atoms. The number of carboxylic acid groups (broad SMARTS) is 1. The fraction of sp³-hybridized carbons (Fsp3) is 0.440. The topological polar surface area (TPSA) is 76.1 Å². The van der Waals surface area contributed by atoms with Crippen molar-refractivity contribution in [3.8, 4) is 11.5 Å². The van der Waals surface area contributed by atoms with Gasteiger partial charge in [-0.15, -0.1) is 0 Å². The zero-order valence-electron chi connectivity index (χ0n) is 18.2. The molecule has 4 rings (SSSR count). The van der Waals surface area contributed by atoms with Crippen LogP contribution in [0.15, 0.2) is 36.4 Å². The lowest BCUT2D eigenvalue weighted by molar-refractivity contribution is -0.139. The molecule has 2 radical (unpaired) electrons. The van der Waals surface area contributed by atoms with Gasteiger partial charge in [0, 0.05) is 13.0 Å². The van der Waals surface area contributed by atoms with Crippen molar-refractivity contribution < 1.29 is 24.2 Å². The van der Waals surface area contributed by atoms with E-state index in [0.29, 0.717) is 35.9 Å². The molecule has 1 fully saturated rings. The minimum atomic E-state index is -1.02. The van der Waals surface area contributed by atoms with E-state index in [-0.39, 0.29) is 5.78 Å². The second-order valence-corrected chi connectivity index (χ2v) is 8.65. The molecule has 1 N–H and O–H groups in total. The van der Waals surface area contributed by atoms with Gasteiger partial charge in [-0.25, -0.2) is 4.79 Å². The minimum Gasteiger partial charge on any atom is -0.492 e. The number of ketones is 1. The van der Waals surface area contributed by atoms with Crippen molar-refractivity contribution >= 4 is 25.1 Å². The minimum absolute atomic E-state index is 0.174. The van der Waals surface area contributed by atoms with Crippen molar-refractivity contribution in [1.82, 2.24) is 4.90 Å². The summed E-state index contributed by atoms with van der Waals surface area (Å²) in [4.78, 5) is 25.3. The summed E-state index contributed by atoms with van der Waals surface area (Å²) in [6.07, 6.45) is 4.56. The number of aliphatic carboxylic acids is 1. The van der Waals surface area contributed by atoms with Crippen LogP contribution in [0.2, 0.25) is 0 Å². The fourth-order valence-electron chi connectivity index (χ4n) is 4.47. The first-order valence-electron chi connectivity index (χ1n) is 11.2. The predicted octanol–water partition coefficient (Wildman–Crippen LogP) is 2.41. The third-order valence-electron chi connectivity index (χ3n) is 6.31. The Morgan fingerprint density at radius 1 is 1.16 bits per heavy atom. The summed E-state index contributed by atoms with van der Waals surface area (Å²) in [5.74, 6) is 0.896. The van der Waals surface area contributed by atoms with E-state index in [9.17, 15) is 9.59 Å². The molecule has 0 spiro atoms. The molecule has 2 aromatic rings. The van der Waals surface area contributed by atoms with E-state index >= 15 is 0 Å². The molecule has 1 saturated heterocycles. The van der Waals surface area contributed by atoms with Gasteiger partial charge in [-0.2, -0.15) is 0 Å². The number of fused-ring (bicyclic) bond motifs is 1. The van der Waals surface area contributed by atoms with Crippen LogP contribution in [0, 0.1) is 5.92 Å². The third-order valence-corrected chi connectivity index (χ3v) is 6.31. The summed E-state index contributed by atoms with van der Waals surface area (Å²) < 4.78 is 10.9. The van der Waals surface area contributed by atoms with Gasteiger partial charge in [0.25, 0.3) is 0 Å². The molecule has 2 heterocycles. The van der Waals surface area contributed by atoms with Crippen LogP contribution in [0.5, 0.6) is 11.5 Å². The van der Waals surface area contributed by atoms with Gasteiger partial charge >= 0.3 is 5.97 Å². The molecule has 2 aromatic carbocycles. The summed E-state index contributed by atoms with van der Waals surface area (Å²) in [5, 5.41) is 8.81. The number of rotatable bonds is 8. The van der Waals surface area contributed by atoms with Crippen molar-refractivity contribution in [3.63, 3.8) is 0 Å². The van der Waals surface area contributed by atoms with Crippen LogP contribution in [0.3, 0.4) is 0 Å². The molecule has 0 aromatic heterocycles. The van der Waals surface area contributed by atoms with Gasteiger partial charge in [0.05, 0.1) is 12.2 Å². The number of likely N-dealkylation sites (tertiary alicyclic amines) is 1. The smallest absolute Gasteiger partial charge is 0.341 e. The maximum Gasteiger partial charge on any atom is 0.341 e. The van der Waals surface area contributed by atoms with Crippen molar-refractivity contribution in [3.05, 3.63) is 53.1 Å². The molecule has 0 atom stereocenters. The number of hydrogen-bond acceptors (Lipinski definition) is 5. The molecule has 166 valence electrons. The Labute approximate surface area is 189 Å². The van der Waals surface area contributed by atoms with Crippen molar-refractivity contribution in [2.45, 2.75) is 32.1 Å². The summed E-state index contributed by atoms with van der Waals surface area (Å²) in [5.41, 5.74) is 3.49. The average Bonchev–Trinajstić information content (AvgIpc) is 2.79. The van der Waals surface area contributed by atoms with Crippen molar-refractivity contribution in [1.29, 1.82) is 0 Å². The molecule has 7 heteroatoms. The third kappa shape index (κ3) is 5.71. The van der Waals surface area contributed by atoms with Gasteiger partial charge in [0.1, 0.15) is 19.3 Å². The van der Waals surface area contributed by atoms with Gasteiger partial charge in [-0.3, -0.25) is 4.79 Å². The quantitative estimate of drug-likeness (QED) is 0.645. The number of hydrogen-bond donors (Lipinski definition) is 1. The van der Waals surface area contributed by atoms with Gasteiger partial charge < -0.3 is 19.5 Å². The number of carbonyl (C=O) groups is 2. The highest BCUT2D eigenvalue weighted by Gasteiger charge is 2.21. The highest BCUT2D eigenvalue weighted by molar-refractivity contribution is 6.34. The number of carboxylic acids is 1. The molecule has 0 unspecified atom stereocenters. The van der Waals surface area contributed by atoms with Gasteiger partial charge in [0.15, 0.2) is 12.4 Å². The van der Waals surface area contributed by atoms with Crippen LogP contribution in [0.4, 0.5) is 0 Å². The van der Waals surface area contributed by atoms with E-state index in [0.717, 1.165) is 56.4 Å². The Kier molecular flexibility index (Phi) is 7.15. The zero-order chi connectivity index (χ0) is 22.5. The molecule has 6 nitrogen and oxygen atoms in total. The Morgan fingerprint density at radius 2 is 1.94 bits per heavy atom. The Bertz CT molecular complexity index is 984. The van der Waals surface area contributed by atoms with Crippen LogP contribution in [-0.4, -0.2) is 62.5 Å². The second kappa shape index (κ2) is 10.2. The van der Waals surface area contributed by atoms with Crippen LogP contribution in [0.25, 0.3) is 0 Å². The summed E-state index contributed by atoms with van der Waals surface area (Å²) in [6, 6.07) is 11.6. The lowest BCUT2D eigenvalue weighted by atomic mass is 9.87. The number of ether oxygens (including phenoxy) is 2. The monoisotopic (exact) mass is 433 g/mol. The summed E-state index contributed by atoms with van der Waals surface area (Å²) in [6.45, 7) is 3.17. The Morgan fingerprint density at radius 3 is 2.72 bits per heavy atom.